The lowest BCUT2D eigenvalue weighted by Gasteiger charge is -2.03. The van der Waals surface area contributed by atoms with Crippen molar-refractivity contribution in [2.75, 3.05) is 6.54 Å². The van der Waals surface area contributed by atoms with Crippen molar-refractivity contribution in [3.05, 3.63) is 0 Å². The summed E-state index contributed by atoms with van der Waals surface area (Å²) < 4.78 is 12.4. The van der Waals surface area contributed by atoms with Gasteiger partial charge in [-0.2, -0.15) is 0 Å². The second-order valence-corrected chi connectivity index (χ2v) is 2.54. The van der Waals surface area contributed by atoms with Gasteiger partial charge in [0.25, 0.3) is 0 Å². The van der Waals surface area contributed by atoms with Crippen LogP contribution in [0.1, 0.15) is 12.8 Å². The Balaban J connectivity index is 0.000001000. The van der Waals surface area contributed by atoms with Crippen LogP contribution in [0.5, 0.6) is 0 Å². The molecule has 0 unspecified atom stereocenters. The average Bonchev–Trinajstić information content (AvgIpc) is 2.13. The molecule has 66 valence electrons. The minimum absolute atomic E-state index is 0. The fourth-order valence-corrected chi connectivity index (χ4v) is 1.14. The normalized spacial score (nSPS) is 29.5. The summed E-state index contributed by atoms with van der Waals surface area (Å²) in [5.41, 5.74) is 0. The van der Waals surface area contributed by atoms with Gasteiger partial charge in [0.1, 0.15) is 6.17 Å². The van der Waals surface area contributed by atoms with Gasteiger partial charge in [0.2, 0.25) is 0 Å². The number of hydrogen-bond donors (Lipinski definition) is 2. The smallest absolute Gasteiger partial charge is 0.304 e. The van der Waals surface area contributed by atoms with Gasteiger partial charge in [-0.1, -0.05) is 0 Å². The number of nitrogens with one attached hydrogen (secondary N) is 1. The Morgan fingerprint density at radius 2 is 2.36 bits per heavy atom. The Morgan fingerprint density at radius 3 is 2.73 bits per heavy atom. The van der Waals surface area contributed by atoms with Crippen LogP contribution in [0.3, 0.4) is 0 Å². The lowest BCUT2D eigenvalue weighted by atomic mass is 10.1. The SMILES string of the molecule is Cl.O=C(O)C[C@H]1C[C@H](F)CN1. The molecule has 3 nitrogen and oxygen atoms in total. The van der Waals surface area contributed by atoms with E-state index in [1.807, 2.05) is 0 Å². The van der Waals surface area contributed by atoms with Gasteiger partial charge in [-0.15, -0.1) is 12.4 Å². The highest BCUT2D eigenvalue weighted by Gasteiger charge is 2.24. The number of aliphatic carboxylic acids is 1. The number of carboxylic acids is 1. The summed E-state index contributed by atoms with van der Waals surface area (Å²) >= 11 is 0. The standard InChI is InChI=1S/C6H10FNO2.ClH/c7-4-1-5(8-3-4)2-6(9)10;/h4-5,8H,1-3H2,(H,9,10);1H/t4-,5+;/m0./s1. The summed E-state index contributed by atoms with van der Waals surface area (Å²) in [5, 5.41) is 11.1. The third kappa shape index (κ3) is 3.53. The summed E-state index contributed by atoms with van der Waals surface area (Å²) in [6, 6.07) is -0.160. The Kier molecular flexibility index (Phi) is 4.37. The minimum Gasteiger partial charge on any atom is -0.481 e. The molecule has 0 bridgehead atoms. The zero-order chi connectivity index (χ0) is 7.56. The first-order valence-corrected chi connectivity index (χ1v) is 3.27. The molecule has 5 heteroatoms. The van der Waals surface area contributed by atoms with Crippen LogP contribution in [0.4, 0.5) is 4.39 Å². The van der Waals surface area contributed by atoms with Crippen LogP contribution in [0.25, 0.3) is 0 Å². The van der Waals surface area contributed by atoms with Crippen LogP contribution in [0.15, 0.2) is 0 Å². The van der Waals surface area contributed by atoms with E-state index >= 15 is 0 Å². The molecule has 1 saturated heterocycles. The van der Waals surface area contributed by atoms with E-state index < -0.39 is 12.1 Å². The highest BCUT2D eigenvalue weighted by molar-refractivity contribution is 5.85. The summed E-state index contributed by atoms with van der Waals surface area (Å²) in [6.45, 7) is 0.304. The minimum atomic E-state index is -0.869. The largest absolute Gasteiger partial charge is 0.481 e. The maximum Gasteiger partial charge on any atom is 0.304 e. The Labute approximate surface area is 70.4 Å². The second-order valence-electron chi connectivity index (χ2n) is 2.54. The van der Waals surface area contributed by atoms with Crippen molar-refractivity contribution in [2.45, 2.75) is 25.1 Å². The Bertz CT molecular complexity index is 145. The molecule has 0 aromatic carbocycles. The molecule has 11 heavy (non-hydrogen) atoms. The molecule has 2 N–H and O–H groups in total. The predicted octanol–water partition coefficient (Wildman–Crippen LogP) is 0.583. The molecule has 0 aromatic heterocycles. The maximum atomic E-state index is 12.4. The molecule has 1 aliphatic rings. The monoisotopic (exact) mass is 183 g/mol. The van der Waals surface area contributed by atoms with Crippen molar-refractivity contribution in [3.8, 4) is 0 Å². The van der Waals surface area contributed by atoms with Crippen LogP contribution in [0.2, 0.25) is 0 Å². The fourth-order valence-electron chi connectivity index (χ4n) is 1.14. The van der Waals surface area contributed by atoms with E-state index in [-0.39, 0.29) is 24.9 Å². The number of alkyl halides is 1. The van der Waals surface area contributed by atoms with Gasteiger partial charge in [-0.3, -0.25) is 4.79 Å². The van der Waals surface area contributed by atoms with E-state index in [4.69, 9.17) is 5.11 Å². The quantitative estimate of drug-likeness (QED) is 0.659. The summed E-state index contributed by atoms with van der Waals surface area (Å²) in [6.07, 6.45) is -0.489. The topological polar surface area (TPSA) is 49.3 Å². The molecular weight excluding hydrogens is 173 g/mol. The van der Waals surface area contributed by atoms with Crippen molar-refractivity contribution < 1.29 is 14.3 Å². The van der Waals surface area contributed by atoms with Gasteiger partial charge < -0.3 is 10.4 Å². The van der Waals surface area contributed by atoms with E-state index in [2.05, 4.69) is 5.32 Å². The van der Waals surface area contributed by atoms with Gasteiger partial charge in [0.15, 0.2) is 0 Å². The molecule has 0 radical (unpaired) electrons. The van der Waals surface area contributed by atoms with Crippen LogP contribution >= 0.6 is 12.4 Å². The van der Waals surface area contributed by atoms with E-state index in [0.717, 1.165) is 0 Å². The van der Waals surface area contributed by atoms with Crippen LogP contribution in [-0.2, 0) is 4.79 Å². The first kappa shape index (κ1) is 10.7. The van der Waals surface area contributed by atoms with Gasteiger partial charge in [0.05, 0.1) is 6.42 Å². The van der Waals surface area contributed by atoms with Crippen molar-refractivity contribution in [2.24, 2.45) is 0 Å². The lowest BCUT2D eigenvalue weighted by molar-refractivity contribution is -0.137. The first-order chi connectivity index (χ1) is 4.68. The molecule has 0 amide bonds. The number of carbonyl (C=O) groups is 1. The summed E-state index contributed by atoms with van der Waals surface area (Å²) in [7, 11) is 0. The van der Waals surface area contributed by atoms with Gasteiger partial charge in [0, 0.05) is 12.6 Å². The number of halogens is 2. The van der Waals surface area contributed by atoms with Crippen LogP contribution in [-0.4, -0.2) is 29.8 Å². The molecule has 1 fully saturated rings. The highest BCUT2D eigenvalue weighted by Crippen LogP contribution is 2.12. The third-order valence-corrected chi connectivity index (χ3v) is 1.59. The lowest BCUT2D eigenvalue weighted by Crippen LogP contribution is -2.24. The number of hydrogen-bond acceptors (Lipinski definition) is 2. The van der Waals surface area contributed by atoms with Crippen LogP contribution in [0, 0.1) is 0 Å². The first-order valence-electron chi connectivity index (χ1n) is 3.27. The van der Waals surface area contributed by atoms with E-state index in [0.29, 0.717) is 13.0 Å². The average molecular weight is 184 g/mol. The van der Waals surface area contributed by atoms with Gasteiger partial charge in [-0.05, 0) is 6.42 Å². The predicted molar refractivity (Wildman–Crippen MR) is 40.8 cm³/mol. The van der Waals surface area contributed by atoms with Crippen molar-refractivity contribution in [1.82, 2.24) is 5.32 Å². The molecule has 2 atom stereocenters. The molecule has 1 heterocycles. The zero-order valence-electron chi connectivity index (χ0n) is 5.92. The maximum absolute atomic E-state index is 12.4. The third-order valence-electron chi connectivity index (χ3n) is 1.59. The number of rotatable bonds is 2. The van der Waals surface area contributed by atoms with Crippen molar-refractivity contribution >= 4 is 18.4 Å². The van der Waals surface area contributed by atoms with E-state index in [9.17, 15) is 9.18 Å². The number of carboxylic acid groups (broad SMARTS) is 1. The molecule has 0 spiro atoms. The van der Waals surface area contributed by atoms with E-state index in [1.165, 1.54) is 0 Å². The Hall–Kier alpha value is -0.350. The molecule has 0 aromatic rings. The fraction of sp³-hybridized carbons (Fsp3) is 0.833. The Morgan fingerprint density at radius 1 is 1.73 bits per heavy atom. The van der Waals surface area contributed by atoms with Crippen LogP contribution < -0.4 is 5.32 Å². The molecule has 1 aliphatic heterocycles. The van der Waals surface area contributed by atoms with Crippen molar-refractivity contribution in [1.29, 1.82) is 0 Å². The van der Waals surface area contributed by atoms with E-state index in [1.54, 1.807) is 0 Å². The highest BCUT2D eigenvalue weighted by atomic mass is 35.5. The second kappa shape index (κ2) is 4.51. The van der Waals surface area contributed by atoms with Gasteiger partial charge >= 0.3 is 5.97 Å². The molecular formula is C6H11ClFNO2. The molecule has 1 rings (SSSR count). The zero-order valence-corrected chi connectivity index (χ0v) is 6.73. The molecule has 0 saturated carbocycles. The summed E-state index contributed by atoms with van der Waals surface area (Å²) in [5.74, 6) is -0.869. The summed E-state index contributed by atoms with van der Waals surface area (Å²) in [4.78, 5) is 10.1. The van der Waals surface area contributed by atoms with Gasteiger partial charge in [-0.25, -0.2) is 4.39 Å². The molecule has 0 aliphatic carbocycles. The van der Waals surface area contributed by atoms with Crippen molar-refractivity contribution in [3.63, 3.8) is 0 Å².